The number of carbonyl (C=O) groups is 1. The normalized spacial score (nSPS) is 15.3. The number of hydrogen-bond donors (Lipinski definition) is 2. The lowest BCUT2D eigenvalue weighted by Gasteiger charge is -2.27. The summed E-state index contributed by atoms with van der Waals surface area (Å²) in [5.74, 6) is 0.665. The lowest BCUT2D eigenvalue weighted by atomic mass is 10.2. The Bertz CT molecular complexity index is 476. The molecule has 23 heavy (non-hydrogen) atoms. The zero-order chi connectivity index (χ0) is 16.3. The molecule has 2 N–H and O–H groups in total. The molecule has 0 aliphatic carbocycles. The van der Waals surface area contributed by atoms with Gasteiger partial charge in [0, 0.05) is 65.0 Å². The number of carbonyl (C=O) groups excluding carboxylic acids is 1. The monoisotopic (exact) mass is 321 g/mol. The van der Waals surface area contributed by atoms with Crippen LogP contribution < -0.4 is 15.4 Å². The molecule has 6 nitrogen and oxygen atoms in total. The number of nitrogens with zero attached hydrogens (tertiary/aromatic N) is 1. The SMILES string of the molecule is COCCCOc1cccc(C(=O)NCCN2CCNCC2)c1. The number of nitrogens with one attached hydrogen (secondary N) is 2. The van der Waals surface area contributed by atoms with Gasteiger partial charge in [-0.25, -0.2) is 0 Å². The zero-order valence-corrected chi connectivity index (χ0v) is 13.8. The van der Waals surface area contributed by atoms with Gasteiger partial charge in [0.05, 0.1) is 6.61 Å². The maximum atomic E-state index is 12.2. The summed E-state index contributed by atoms with van der Waals surface area (Å²) in [7, 11) is 1.67. The second kappa shape index (κ2) is 10.2. The van der Waals surface area contributed by atoms with E-state index in [1.165, 1.54) is 0 Å². The number of hydrogen-bond acceptors (Lipinski definition) is 5. The molecule has 6 heteroatoms. The number of ether oxygens (including phenoxy) is 2. The Morgan fingerprint density at radius 1 is 1.30 bits per heavy atom. The summed E-state index contributed by atoms with van der Waals surface area (Å²) >= 11 is 0. The molecule has 128 valence electrons. The Hall–Kier alpha value is -1.63. The fourth-order valence-corrected chi connectivity index (χ4v) is 2.48. The van der Waals surface area contributed by atoms with Crippen molar-refractivity contribution in [3.8, 4) is 5.75 Å². The van der Waals surface area contributed by atoms with Crippen LogP contribution >= 0.6 is 0 Å². The first-order valence-corrected chi connectivity index (χ1v) is 8.22. The molecule has 1 aromatic rings. The van der Waals surface area contributed by atoms with Crippen molar-refractivity contribution in [2.45, 2.75) is 6.42 Å². The molecule has 0 spiro atoms. The van der Waals surface area contributed by atoms with Crippen molar-refractivity contribution < 1.29 is 14.3 Å². The quantitative estimate of drug-likeness (QED) is 0.657. The second-order valence-electron chi connectivity index (χ2n) is 5.57. The summed E-state index contributed by atoms with van der Waals surface area (Å²) in [6, 6.07) is 7.30. The fraction of sp³-hybridized carbons (Fsp3) is 0.588. The molecule has 1 aliphatic heterocycles. The molecule has 0 bridgehead atoms. The Morgan fingerprint density at radius 3 is 2.91 bits per heavy atom. The minimum Gasteiger partial charge on any atom is -0.493 e. The highest BCUT2D eigenvalue weighted by Crippen LogP contribution is 2.13. The van der Waals surface area contributed by atoms with Gasteiger partial charge in [0.2, 0.25) is 0 Å². The summed E-state index contributed by atoms with van der Waals surface area (Å²) < 4.78 is 10.6. The molecule has 1 amide bonds. The molecule has 0 saturated carbocycles. The number of methoxy groups -OCH3 is 1. The topological polar surface area (TPSA) is 62.8 Å². The van der Waals surface area contributed by atoms with E-state index < -0.39 is 0 Å². The van der Waals surface area contributed by atoms with Crippen molar-refractivity contribution >= 4 is 5.91 Å². The van der Waals surface area contributed by atoms with Gasteiger partial charge in [-0.15, -0.1) is 0 Å². The van der Waals surface area contributed by atoms with Crippen LogP contribution in [0.2, 0.25) is 0 Å². The zero-order valence-electron chi connectivity index (χ0n) is 13.8. The standard InChI is InChI=1S/C17H27N3O3/c1-22-12-3-13-23-16-5-2-4-15(14-16)17(21)19-8-11-20-9-6-18-7-10-20/h2,4-5,14,18H,3,6-13H2,1H3,(H,19,21). The molecule has 0 radical (unpaired) electrons. The molecule has 0 aromatic heterocycles. The van der Waals surface area contributed by atoms with Crippen molar-refractivity contribution in [2.75, 3.05) is 59.6 Å². The predicted octanol–water partition coefficient (Wildman–Crippen LogP) is 0.737. The van der Waals surface area contributed by atoms with Crippen molar-refractivity contribution in [1.82, 2.24) is 15.5 Å². The number of amides is 1. The highest BCUT2D eigenvalue weighted by atomic mass is 16.5. The molecule has 1 aromatic carbocycles. The van der Waals surface area contributed by atoms with Crippen LogP contribution in [0.15, 0.2) is 24.3 Å². The van der Waals surface area contributed by atoms with E-state index in [0.29, 0.717) is 25.3 Å². The minimum atomic E-state index is -0.0533. The molecule has 1 fully saturated rings. The van der Waals surface area contributed by atoms with Crippen LogP contribution in [0.1, 0.15) is 16.8 Å². The van der Waals surface area contributed by atoms with E-state index in [1.807, 2.05) is 18.2 Å². The largest absolute Gasteiger partial charge is 0.493 e. The van der Waals surface area contributed by atoms with E-state index >= 15 is 0 Å². The molecule has 0 atom stereocenters. The van der Waals surface area contributed by atoms with E-state index in [9.17, 15) is 4.79 Å². The van der Waals surface area contributed by atoms with Crippen molar-refractivity contribution in [2.24, 2.45) is 0 Å². The van der Waals surface area contributed by atoms with Gasteiger partial charge in [0.15, 0.2) is 0 Å². The van der Waals surface area contributed by atoms with Crippen LogP contribution in [0, 0.1) is 0 Å². The molecule has 0 unspecified atom stereocenters. The summed E-state index contributed by atoms with van der Waals surface area (Å²) in [5, 5.41) is 6.29. The average molecular weight is 321 g/mol. The molecule has 1 heterocycles. The van der Waals surface area contributed by atoms with Crippen molar-refractivity contribution in [1.29, 1.82) is 0 Å². The van der Waals surface area contributed by atoms with E-state index in [1.54, 1.807) is 13.2 Å². The highest BCUT2D eigenvalue weighted by molar-refractivity contribution is 5.94. The van der Waals surface area contributed by atoms with E-state index in [2.05, 4.69) is 15.5 Å². The smallest absolute Gasteiger partial charge is 0.251 e. The highest BCUT2D eigenvalue weighted by Gasteiger charge is 2.10. The molecule has 1 aliphatic rings. The van der Waals surface area contributed by atoms with E-state index in [4.69, 9.17) is 9.47 Å². The Labute approximate surface area is 138 Å². The van der Waals surface area contributed by atoms with Gasteiger partial charge >= 0.3 is 0 Å². The number of piperazine rings is 1. The summed E-state index contributed by atoms with van der Waals surface area (Å²) in [6.45, 7) is 6.95. The Balaban J connectivity index is 1.72. The molecular formula is C17H27N3O3. The van der Waals surface area contributed by atoms with Crippen LogP contribution in [0.4, 0.5) is 0 Å². The van der Waals surface area contributed by atoms with Gasteiger partial charge in [0.25, 0.3) is 5.91 Å². The van der Waals surface area contributed by atoms with E-state index in [-0.39, 0.29) is 5.91 Å². The third-order valence-electron chi connectivity index (χ3n) is 3.78. The van der Waals surface area contributed by atoms with Crippen LogP contribution in [-0.4, -0.2) is 70.4 Å². The Morgan fingerprint density at radius 2 is 2.13 bits per heavy atom. The third kappa shape index (κ3) is 6.56. The minimum absolute atomic E-state index is 0.0533. The first-order valence-electron chi connectivity index (χ1n) is 8.22. The van der Waals surface area contributed by atoms with Crippen LogP contribution in [0.5, 0.6) is 5.75 Å². The average Bonchev–Trinajstić information content (AvgIpc) is 2.60. The van der Waals surface area contributed by atoms with Crippen LogP contribution in [-0.2, 0) is 4.74 Å². The maximum Gasteiger partial charge on any atom is 0.251 e. The van der Waals surface area contributed by atoms with Gasteiger partial charge in [-0.05, 0) is 18.2 Å². The first-order chi connectivity index (χ1) is 11.3. The lowest BCUT2D eigenvalue weighted by Crippen LogP contribution is -2.46. The van der Waals surface area contributed by atoms with Crippen molar-refractivity contribution in [3.05, 3.63) is 29.8 Å². The fourth-order valence-electron chi connectivity index (χ4n) is 2.48. The van der Waals surface area contributed by atoms with E-state index in [0.717, 1.165) is 44.9 Å². The molecule has 1 saturated heterocycles. The number of benzene rings is 1. The number of rotatable bonds is 9. The van der Waals surface area contributed by atoms with Gasteiger partial charge in [-0.1, -0.05) is 6.07 Å². The third-order valence-corrected chi connectivity index (χ3v) is 3.78. The van der Waals surface area contributed by atoms with Crippen LogP contribution in [0.25, 0.3) is 0 Å². The first kappa shape index (κ1) is 17.7. The van der Waals surface area contributed by atoms with Crippen LogP contribution in [0.3, 0.4) is 0 Å². The molecule has 2 rings (SSSR count). The lowest BCUT2D eigenvalue weighted by molar-refractivity contribution is 0.0946. The Kier molecular flexibility index (Phi) is 7.86. The van der Waals surface area contributed by atoms with Crippen molar-refractivity contribution in [3.63, 3.8) is 0 Å². The second-order valence-corrected chi connectivity index (χ2v) is 5.57. The van der Waals surface area contributed by atoms with Gasteiger partial charge in [-0.2, -0.15) is 0 Å². The maximum absolute atomic E-state index is 12.2. The predicted molar refractivity (Wildman–Crippen MR) is 90.1 cm³/mol. The van der Waals surface area contributed by atoms with Gasteiger partial charge in [-0.3, -0.25) is 9.69 Å². The summed E-state index contributed by atoms with van der Waals surface area (Å²) in [4.78, 5) is 14.6. The summed E-state index contributed by atoms with van der Waals surface area (Å²) in [5.41, 5.74) is 0.634. The van der Waals surface area contributed by atoms with Gasteiger partial charge in [0.1, 0.15) is 5.75 Å². The van der Waals surface area contributed by atoms with Gasteiger partial charge < -0.3 is 20.1 Å². The molecular weight excluding hydrogens is 294 g/mol. The summed E-state index contributed by atoms with van der Waals surface area (Å²) in [6.07, 6.45) is 0.831.